The molecule has 2 nitrogen and oxygen atoms in total. The number of halogens is 5. The Balaban J connectivity index is 2.15. The Bertz CT molecular complexity index is 234. The third-order valence-corrected chi connectivity index (χ3v) is 3.06. The highest BCUT2D eigenvalue weighted by Gasteiger charge is 2.41. The van der Waals surface area contributed by atoms with Crippen molar-refractivity contribution in [2.45, 2.75) is 44.3 Å². The molecule has 0 radical (unpaired) electrons. The molecule has 2 atom stereocenters. The molecule has 1 aliphatic rings. The van der Waals surface area contributed by atoms with Crippen molar-refractivity contribution in [2.75, 3.05) is 19.8 Å². The monoisotopic (exact) mass is 275 g/mol. The van der Waals surface area contributed by atoms with E-state index in [1.54, 1.807) is 0 Å². The zero-order valence-corrected chi connectivity index (χ0v) is 9.98. The molecule has 0 spiro atoms. The van der Waals surface area contributed by atoms with Crippen LogP contribution in [0.25, 0.3) is 0 Å². The minimum atomic E-state index is -4.13. The molecule has 7 heteroatoms. The molecule has 0 aromatic rings. The maximum atomic E-state index is 12.5. The number of hydrogen-bond acceptors (Lipinski definition) is 2. The van der Waals surface area contributed by atoms with E-state index in [9.17, 15) is 22.0 Å². The Hall–Kier alpha value is -0.430. The van der Waals surface area contributed by atoms with Gasteiger partial charge in [-0.2, -0.15) is 13.2 Å². The van der Waals surface area contributed by atoms with E-state index in [0.29, 0.717) is 19.4 Å². The van der Waals surface area contributed by atoms with Crippen molar-refractivity contribution in [3.8, 4) is 0 Å². The molecule has 1 N–H and O–H groups in total. The lowest BCUT2D eigenvalue weighted by molar-refractivity contribution is -0.183. The second-order valence-corrected chi connectivity index (χ2v) is 4.52. The second-order valence-electron chi connectivity index (χ2n) is 4.52. The number of nitrogens with one attached hydrogen (secondary N) is 1. The van der Waals surface area contributed by atoms with E-state index >= 15 is 0 Å². The van der Waals surface area contributed by atoms with E-state index in [0.717, 1.165) is 0 Å². The molecule has 108 valence electrons. The van der Waals surface area contributed by atoms with E-state index < -0.39 is 25.1 Å². The summed E-state index contributed by atoms with van der Waals surface area (Å²) >= 11 is 0. The van der Waals surface area contributed by atoms with Crippen LogP contribution in [0.3, 0.4) is 0 Å². The van der Waals surface area contributed by atoms with Crippen molar-refractivity contribution < 1.29 is 26.7 Å². The van der Waals surface area contributed by atoms with Crippen molar-refractivity contribution in [1.82, 2.24) is 5.32 Å². The van der Waals surface area contributed by atoms with Crippen molar-refractivity contribution in [1.29, 1.82) is 0 Å². The first kappa shape index (κ1) is 15.6. The molecule has 1 rings (SSSR count). The van der Waals surface area contributed by atoms with Gasteiger partial charge in [-0.15, -0.1) is 0 Å². The molecule has 0 bridgehead atoms. The lowest BCUT2D eigenvalue weighted by atomic mass is 9.85. The molecule has 2 unspecified atom stereocenters. The van der Waals surface area contributed by atoms with Gasteiger partial charge in [0.05, 0.1) is 12.5 Å². The first-order valence-corrected chi connectivity index (χ1v) is 6.05. The van der Waals surface area contributed by atoms with Crippen LogP contribution in [-0.4, -0.2) is 38.4 Å². The van der Waals surface area contributed by atoms with Gasteiger partial charge in [0.1, 0.15) is 6.61 Å². The third-order valence-electron chi connectivity index (χ3n) is 3.06. The largest absolute Gasteiger partial charge is 0.391 e. The van der Waals surface area contributed by atoms with Crippen LogP contribution in [-0.2, 0) is 4.74 Å². The van der Waals surface area contributed by atoms with Gasteiger partial charge in [0.15, 0.2) is 0 Å². The van der Waals surface area contributed by atoms with Gasteiger partial charge in [0, 0.05) is 12.6 Å². The van der Waals surface area contributed by atoms with Gasteiger partial charge in [0.2, 0.25) is 0 Å². The maximum absolute atomic E-state index is 12.5. The maximum Gasteiger partial charge on any atom is 0.391 e. The summed E-state index contributed by atoms with van der Waals surface area (Å²) in [6.07, 6.45) is -5.15. The molecule has 0 heterocycles. The van der Waals surface area contributed by atoms with E-state index in [1.807, 2.05) is 0 Å². The molecular formula is C11H18F5NO. The zero-order valence-electron chi connectivity index (χ0n) is 9.98. The molecule has 1 fully saturated rings. The summed E-state index contributed by atoms with van der Waals surface area (Å²) in [5, 5.41) is 2.93. The van der Waals surface area contributed by atoms with Crippen molar-refractivity contribution >= 4 is 0 Å². The lowest BCUT2D eigenvalue weighted by Crippen LogP contribution is -2.40. The lowest BCUT2D eigenvalue weighted by Gasteiger charge is -2.31. The van der Waals surface area contributed by atoms with Gasteiger partial charge in [0.25, 0.3) is 6.43 Å². The SMILES string of the molecule is FC(F)COCCNC1CCCC(C(F)(F)F)C1. The minimum absolute atomic E-state index is 0.0678. The Labute approximate surface area is 103 Å². The van der Waals surface area contributed by atoms with Gasteiger partial charge in [-0.1, -0.05) is 6.42 Å². The fourth-order valence-electron chi connectivity index (χ4n) is 2.18. The Morgan fingerprint density at radius 3 is 2.56 bits per heavy atom. The van der Waals surface area contributed by atoms with Gasteiger partial charge in [-0.3, -0.25) is 0 Å². The van der Waals surface area contributed by atoms with Crippen LogP contribution in [0, 0.1) is 5.92 Å². The van der Waals surface area contributed by atoms with Crippen molar-refractivity contribution in [3.05, 3.63) is 0 Å². The van der Waals surface area contributed by atoms with Gasteiger partial charge >= 0.3 is 6.18 Å². The molecule has 0 aromatic heterocycles. The standard InChI is InChI=1S/C11H18F5NO/c12-10(13)7-18-5-4-17-9-3-1-2-8(6-9)11(14,15)16/h8-10,17H,1-7H2. The molecule has 0 amide bonds. The number of alkyl halides is 5. The molecular weight excluding hydrogens is 257 g/mol. The topological polar surface area (TPSA) is 21.3 Å². The van der Waals surface area contributed by atoms with Crippen LogP contribution in [0.4, 0.5) is 22.0 Å². The van der Waals surface area contributed by atoms with Gasteiger partial charge < -0.3 is 10.1 Å². The average molecular weight is 275 g/mol. The Morgan fingerprint density at radius 1 is 1.22 bits per heavy atom. The van der Waals surface area contributed by atoms with E-state index in [1.165, 1.54) is 0 Å². The first-order valence-electron chi connectivity index (χ1n) is 6.05. The zero-order chi connectivity index (χ0) is 13.6. The van der Waals surface area contributed by atoms with Gasteiger partial charge in [-0.05, 0) is 19.3 Å². The highest BCUT2D eigenvalue weighted by Crippen LogP contribution is 2.37. The summed E-state index contributed by atoms with van der Waals surface area (Å²) in [7, 11) is 0. The summed E-state index contributed by atoms with van der Waals surface area (Å²) < 4.78 is 65.6. The summed E-state index contributed by atoms with van der Waals surface area (Å²) in [4.78, 5) is 0. The first-order chi connectivity index (χ1) is 8.39. The summed E-state index contributed by atoms with van der Waals surface area (Å²) in [6.45, 7) is -0.225. The minimum Gasteiger partial charge on any atom is -0.374 e. The fourth-order valence-corrected chi connectivity index (χ4v) is 2.18. The normalized spacial score (nSPS) is 25.7. The quantitative estimate of drug-likeness (QED) is 0.594. The molecule has 0 aliphatic heterocycles. The van der Waals surface area contributed by atoms with Crippen LogP contribution < -0.4 is 5.32 Å². The number of ether oxygens (including phenoxy) is 1. The molecule has 1 aliphatic carbocycles. The highest BCUT2D eigenvalue weighted by molar-refractivity contribution is 4.81. The van der Waals surface area contributed by atoms with Crippen LogP contribution in [0.5, 0.6) is 0 Å². The van der Waals surface area contributed by atoms with Crippen LogP contribution in [0.15, 0.2) is 0 Å². The average Bonchev–Trinajstić information content (AvgIpc) is 2.27. The fraction of sp³-hybridized carbons (Fsp3) is 1.00. The molecule has 18 heavy (non-hydrogen) atoms. The number of rotatable bonds is 6. The van der Waals surface area contributed by atoms with E-state index in [2.05, 4.69) is 10.1 Å². The predicted molar refractivity (Wildman–Crippen MR) is 56.6 cm³/mol. The van der Waals surface area contributed by atoms with Crippen LogP contribution >= 0.6 is 0 Å². The summed E-state index contributed by atoms with van der Waals surface area (Å²) in [5.41, 5.74) is 0. The van der Waals surface area contributed by atoms with Crippen LogP contribution in [0.2, 0.25) is 0 Å². The second kappa shape index (κ2) is 7.23. The molecule has 1 saturated carbocycles. The van der Waals surface area contributed by atoms with Crippen LogP contribution in [0.1, 0.15) is 25.7 Å². The van der Waals surface area contributed by atoms with E-state index in [-0.39, 0.29) is 25.5 Å². The molecule has 0 aromatic carbocycles. The molecule has 0 saturated heterocycles. The highest BCUT2D eigenvalue weighted by atomic mass is 19.4. The van der Waals surface area contributed by atoms with Crippen molar-refractivity contribution in [2.24, 2.45) is 5.92 Å². The van der Waals surface area contributed by atoms with E-state index in [4.69, 9.17) is 0 Å². The van der Waals surface area contributed by atoms with Crippen molar-refractivity contribution in [3.63, 3.8) is 0 Å². The third kappa shape index (κ3) is 5.95. The summed E-state index contributed by atoms with van der Waals surface area (Å²) in [6, 6.07) is -0.194. The predicted octanol–water partition coefficient (Wildman–Crippen LogP) is 2.98. The Morgan fingerprint density at radius 2 is 1.94 bits per heavy atom. The summed E-state index contributed by atoms with van der Waals surface area (Å²) in [5.74, 6) is -1.24. The number of hydrogen-bond donors (Lipinski definition) is 1. The smallest absolute Gasteiger partial charge is 0.374 e. The van der Waals surface area contributed by atoms with Gasteiger partial charge in [-0.25, -0.2) is 8.78 Å². The Kier molecular flexibility index (Phi) is 6.28.